The van der Waals surface area contributed by atoms with Crippen molar-refractivity contribution in [3.63, 3.8) is 0 Å². The van der Waals surface area contributed by atoms with Gasteiger partial charge in [0.1, 0.15) is 11.8 Å². The summed E-state index contributed by atoms with van der Waals surface area (Å²) >= 11 is 6.28. The average Bonchev–Trinajstić information content (AvgIpc) is 2.73. The van der Waals surface area contributed by atoms with E-state index in [4.69, 9.17) is 16.3 Å². The molecule has 2 rings (SSSR count). The van der Waals surface area contributed by atoms with Crippen molar-refractivity contribution >= 4 is 23.4 Å². The molecule has 2 aromatic rings. The topological polar surface area (TPSA) is 58.6 Å². The van der Waals surface area contributed by atoms with Gasteiger partial charge in [-0.15, -0.1) is 0 Å². The first kappa shape index (κ1) is 22.8. The van der Waals surface area contributed by atoms with Crippen LogP contribution in [0.5, 0.6) is 5.75 Å². The molecule has 2 aromatic carbocycles. The van der Waals surface area contributed by atoms with Crippen molar-refractivity contribution in [3.8, 4) is 5.75 Å². The minimum atomic E-state index is -0.601. The third-order valence-corrected chi connectivity index (χ3v) is 5.21. The van der Waals surface area contributed by atoms with E-state index in [-0.39, 0.29) is 25.0 Å². The van der Waals surface area contributed by atoms with Gasteiger partial charge in [0.15, 0.2) is 6.61 Å². The second-order valence-corrected chi connectivity index (χ2v) is 7.57. The molecule has 0 aliphatic heterocycles. The van der Waals surface area contributed by atoms with Crippen LogP contribution in [-0.2, 0) is 16.1 Å². The Balaban J connectivity index is 2.16. The number of nitrogens with zero attached hydrogens (tertiary/aromatic N) is 1. The molecule has 0 aliphatic rings. The number of hydrogen-bond acceptors (Lipinski definition) is 3. The molecule has 5 nitrogen and oxygen atoms in total. The second-order valence-electron chi connectivity index (χ2n) is 7.16. The molecule has 0 unspecified atom stereocenters. The number of benzene rings is 2. The average molecular weight is 417 g/mol. The smallest absolute Gasteiger partial charge is 0.261 e. The van der Waals surface area contributed by atoms with Gasteiger partial charge in [-0.1, -0.05) is 62.7 Å². The van der Waals surface area contributed by atoms with E-state index in [0.29, 0.717) is 23.1 Å². The molecular formula is C23H29ClN2O3. The molecule has 0 saturated carbocycles. The van der Waals surface area contributed by atoms with Crippen molar-refractivity contribution in [1.29, 1.82) is 0 Å². The molecule has 29 heavy (non-hydrogen) atoms. The Hall–Kier alpha value is -2.53. The number of halogens is 1. The molecule has 0 bridgehead atoms. The Morgan fingerprint density at radius 3 is 2.31 bits per heavy atom. The Morgan fingerprint density at radius 1 is 1.10 bits per heavy atom. The summed E-state index contributed by atoms with van der Waals surface area (Å²) in [5.74, 6) is 0.561. The summed E-state index contributed by atoms with van der Waals surface area (Å²) in [6, 6.07) is 14.4. The van der Waals surface area contributed by atoms with E-state index < -0.39 is 6.04 Å². The fourth-order valence-electron chi connectivity index (χ4n) is 3.07. The maximum Gasteiger partial charge on any atom is 0.261 e. The van der Waals surface area contributed by atoms with E-state index in [1.807, 2.05) is 49.4 Å². The van der Waals surface area contributed by atoms with Gasteiger partial charge in [-0.2, -0.15) is 0 Å². The van der Waals surface area contributed by atoms with Crippen LogP contribution in [0.1, 0.15) is 44.2 Å². The molecule has 0 heterocycles. The van der Waals surface area contributed by atoms with Crippen molar-refractivity contribution in [2.24, 2.45) is 0 Å². The van der Waals surface area contributed by atoms with Crippen LogP contribution >= 0.6 is 11.6 Å². The van der Waals surface area contributed by atoms with E-state index in [2.05, 4.69) is 19.2 Å². The van der Waals surface area contributed by atoms with Crippen molar-refractivity contribution in [3.05, 3.63) is 64.7 Å². The lowest BCUT2D eigenvalue weighted by Crippen LogP contribution is -2.49. The number of carbonyl (C=O) groups is 2. The maximum absolute atomic E-state index is 13.0. The highest BCUT2D eigenvalue weighted by atomic mass is 35.5. The van der Waals surface area contributed by atoms with Gasteiger partial charge in [0.05, 0.1) is 0 Å². The largest absolute Gasteiger partial charge is 0.484 e. The Morgan fingerprint density at radius 2 is 1.76 bits per heavy atom. The van der Waals surface area contributed by atoms with Crippen LogP contribution in [0, 0.1) is 0 Å². The van der Waals surface area contributed by atoms with E-state index in [9.17, 15) is 9.59 Å². The first-order valence-electron chi connectivity index (χ1n) is 9.84. The summed E-state index contributed by atoms with van der Waals surface area (Å²) in [5.41, 5.74) is 1.99. The minimum absolute atomic E-state index is 0.154. The van der Waals surface area contributed by atoms with Gasteiger partial charge in [-0.3, -0.25) is 9.59 Å². The molecule has 0 saturated heterocycles. The van der Waals surface area contributed by atoms with Crippen LogP contribution in [0.25, 0.3) is 0 Å². The van der Waals surface area contributed by atoms with E-state index in [1.165, 1.54) is 10.5 Å². The molecule has 2 amide bonds. The number of amides is 2. The molecule has 6 heteroatoms. The van der Waals surface area contributed by atoms with Gasteiger partial charge in [-0.25, -0.2) is 0 Å². The lowest BCUT2D eigenvalue weighted by atomic mass is 10.0. The maximum atomic E-state index is 13.0. The van der Waals surface area contributed by atoms with Gasteiger partial charge in [0.25, 0.3) is 5.91 Å². The third kappa shape index (κ3) is 6.23. The second kappa shape index (κ2) is 10.9. The summed E-state index contributed by atoms with van der Waals surface area (Å²) in [4.78, 5) is 26.9. The summed E-state index contributed by atoms with van der Waals surface area (Å²) in [7, 11) is 1.57. The highest BCUT2D eigenvalue weighted by Crippen LogP contribution is 2.21. The zero-order valence-electron chi connectivity index (χ0n) is 17.4. The Kier molecular flexibility index (Phi) is 8.52. The van der Waals surface area contributed by atoms with Gasteiger partial charge in [0, 0.05) is 18.6 Å². The van der Waals surface area contributed by atoms with Crippen molar-refractivity contribution in [2.75, 3.05) is 13.7 Å². The highest BCUT2D eigenvalue weighted by molar-refractivity contribution is 6.31. The van der Waals surface area contributed by atoms with E-state index in [1.54, 1.807) is 13.1 Å². The Bertz CT molecular complexity index is 821. The lowest BCUT2D eigenvalue weighted by Gasteiger charge is -2.30. The monoisotopic (exact) mass is 416 g/mol. The van der Waals surface area contributed by atoms with E-state index >= 15 is 0 Å². The van der Waals surface area contributed by atoms with Crippen LogP contribution in [0.4, 0.5) is 0 Å². The normalized spacial score (nSPS) is 11.8. The van der Waals surface area contributed by atoms with Gasteiger partial charge >= 0.3 is 0 Å². The molecular weight excluding hydrogens is 388 g/mol. The third-order valence-electron chi connectivity index (χ3n) is 4.84. The predicted octanol–water partition coefficient (Wildman–Crippen LogP) is 4.40. The van der Waals surface area contributed by atoms with Gasteiger partial charge < -0.3 is 15.0 Å². The molecule has 0 aromatic heterocycles. The minimum Gasteiger partial charge on any atom is -0.484 e. The molecule has 1 N–H and O–H groups in total. The van der Waals surface area contributed by atoms with E-state index in [0.717, 1.165) is 5.56 Å². The summed E-state index contributed by atoms with van der Waals surface area (Å²) in [6.45, 7) is 6.20. The number of ether oxygens (including phenoxy) is 1. The van der Waals surface area contributed by atoms with Crippen LogP contribution in [0.2, 0.25) is 5.02 Å². The fourth-order valence-corrected chi connectivity index (χ4v) is 3.27. The molecule has 0 spiro atoms. The first-order chi connectivity index (χ1) is 13.9. The number of nitrogens with one attached hydrogen (secondary N) is 1. The fraction of sp³-hybridized carbons (Fsp3) is 0.391. The van der Waals surface area contributed by atoms with Gasteiger partial charge in [-0.05, 0) is 41.7 Å². The van der Waals surface area contributed by atoms with Crippen LogP contribution in [-0.4, -0.2) is 36.4 Å². The summed E-state index contributed by atoms with van der Waals surface area (Å²) < 4.78 is 5.70. The zero-order chi connectivity index (χ0) is 21.4. The van der Waals surface area contributed by atoms with Crippen molar-refractivity contribution in [2.45, 2.75) is 45.7 Å². The molecule has 0 aliphatic carbocycles. The number of hydrogen-bond donors (Lipinski definition) is 1. The van der Waals surface area contributed by atoms with Crippen molar-refractivity contribution < 1.29 is 14.3 Å². The summed E-state index contributed by atoms with van der Waals surface area (Å²) in [5, 5.41) is 3.19. The molecule has 1 atom stereocenters. The highest BCUT2D eigenvalue weighted by Gasteiger charge is 2.28. The number of rotatable bonds is 9. The molecule has 156 valence electrons. The van der Waals surface area contributed by atoms with Crippen molar-refractivity contribution in [1.82, 2.24) is 10.2 Å². The van der Waals surface area contributed by atoms with Gasteiger partial charge in [0.2, 0.25) is 5.91 Å². The molecule has 0 radical (unpaired) electrons. The first-order valence-corrected chi connectivity index (χ1v) is 10.2. The number of likely N-dealkylation sites (N-methyl/N-ethyl adjacent to an activating group) is 1. The predicted molar refractivity (Wildman–Crippen MR) is 116 cm³/mol. The zero-order valence-corrected chi connectivity index (χ0v) is 18.2. The standard InChI is InChI=1S/C23H29ClN2O3/c1-5-21(23(28)25-4)26(14-18-8-6-7-9-20(18)24)22(27)15-29-19-12-10-17(11-13-19)16(2)3/h6-13,16,21H,5,14-15H2,1-4H3,(H,25,28)/t21-/m0/s1. The number of carbonyl (C=O) groups excluding carboxylic acids is 2. The lowest BCUT2D eigenvalue weighted by molar-refractivity contribution is -0.142. The quantitative estimate of drug-likeness (QED) is 0.659. The van der Waals surface area contributed by atoms with Crippen LogP contribution in [0.3, 0.4) is 0 Å². The van der Waals surface area contributed by atoms with Crippen LogP contribution in [0.15, 0.2) is 48.5 Å². The summed E-state index contributed by atoms with van der Waals surface area (Å²) in [6.07, 6.45) is 0.485. The Labute approximate surface area is 178 Å². The SMILES string of the molecule is CC[C@@H](C(=O)NC)N(Cc1ccccc1Cl)C(=O)COc1ccc(C(C)C)cc1. The van der Waals surface area contributed by atoms with Crippen LogP contribution < -0.4 is 10.1 Å². The molecule has 0 fully saturated rings.